The van der Waals surface area contributed by atoms with Crippen molar-refractivity contribution in [2.75, 3.05) is 13.2 Å². The van der Waals surface area contributed by atoms with Gasteiger partial charge in [0, 0.05) is 30.3 Å². The number of rotatable bonds is 8. The van der Waals surface area contributed by atoms with E-state index < -0.39 is 4.92 Å². The number of hydrogen-bond acceptors (Lipinski definition) is 7. The maximum absolute atomic E-state index is 13.0. The number of carbonyl (C=O) groups excluding carboxylic acids is 1. The largest absolute Gasteiger partial charge is 0.494 e. The second kappa shape index (κ2) is 10.2. The normalized spacial score (nSPS) is 15.8. The number of amides is 1. The summed E-state index contributed by atoms with van der Waals surface area (Å²) in [6, 6.07) is 16.9. The first kappa shape index (κ1) is 23.1. The molecule has 0 saturated carbocycles. The van der Waals surface area contributed by atoms with E-state index in [-0.39, 0.29) is 11.6 Å². The Balaban J connectivity index is 1.57. The molecule has 1 aliphatic heterocycles. The highest BCUT2D eigenvalue weighted by molar-refractivity contribution is 8.18. The molecular formula is C25H21N3O5S. The zero-order valence-corrected chi connectivity index (χ0v) is 19.2. The van der Waals surface area contributed by atoms with Gasteiger partial charge in [-0.3, -0.25) is 19.8 Å². The average Bonchev–Trinajstić information content (AvgIpc) is 3.41. The van der Waals surface area contributed by atoms with Gasteiger partial charge in [-0.15, -0.1) is 6.58 Å². The van der Waals surface area contributed by atoms with Crippen LogP contribution in [0.2, 0.25) is 0 Å². The molecule has 0 aliphatic carbocycles. The van der Waals surface area contributed by atoms with E-state index >= 15 is 0 Å². The molecule has 0 unspecified atom stereocenters. The fraction of sp³-hybridized carbons (Fsp3) is 0.120. The van der Waals surface area contributed by atoms with Gasteiger partial charge in [-0.1, -0.05) is 6.08 Å². The van der Waals surface area contributed by atoms with Crippen molar-refractivity contribution in [2.24, 2.45) is 4.99 Å². The van der Waals surface area contributed by atoms with Gasteiger partial charge in [-0.25, -0.2) is 4.99 Å². The van der Waals surface area contributed by atoms with Crippen LogP contribution in [0.25, 0.3) is 17.4 Å². The van der Waals surface area contributed by atoms with Gasteiger partial charge in [0.05, 0.1) is 22.1 Å². The van der Waals surface area contributed by atoms with Crippen molar-refractivity contribution in [1.82, 2.24) is 4.90 Å². The van der Waals surface area contributed by atoms with Gasteiger partial charge in [-0.05, 0) is 67.2 Å². The van der Waals surface area contributed by atoms with Crippen LogP contribution in [0.4, 0.5) is 11.4 Å². The van der Waals surface area contributed by atoms with Crippen LogP contribution < -0.4 is 4.74 Å². The van der Waals surface area contributed by atoms with Crippen LogP contribution in [0.5, 0.6) is 5.75 Å². The quantitative estimate of drug-likeness (QED) is 0.170. The molecule has 8 nitrogen and oxygen atoms in total. The number of ether oxygens (including phenoxy) is 1. The second-order valence-corrected chi connectivity index (χ2v) is 8.15. The van der Waals surface area contributed by atoms with Gasteiger partial charge in [-0.2, -0.15) is 0 Å². The Hall–Kier alpha value is -4.11. The van der Waals surface area contributed by atoms with Crippen LogP contribution >= 0.6 is 11.8 Å². The summed E-state index contributed by atoms with van der Waals surface area (Å²) in [5.74, 6) is 1.60. The SMILES string of the molecule is C=CCN1C(=O)/C(=C/c2ccc(-c3ccc([N+](=O)[O-])cc3)o2)SC1=Nc1ccc(OCC)cc1. The molecule has 0 atom stereocenters. The summed E-state index contributed by atoms with van der Waals surface area (Å²) in [6.07, 6.45) is 3.31. The molecule has 4 rings (SSSR count). The molecule has 0 spiro atoms. The van der Waals surface area contributed by atoms with Crippen molar-refractivity contribution >= 4 is 40.3 Å². The van der Waals surface area contributed by atoms with E-state index in [9.17, 15) is 14.9 Å². The van der Waals surface area contributed by atoms with Crippen LogP contribution in [-0.4, -0.2) is 34.0 Å². The molecule has 1 amide bonds. The van der Waals surface area contributed by atoms with E-state index in [0.717, 1.165) is 5.75 Å². The monoisotopic (exact) mass is 475 g/mol. The maximum atomic E-state index is 13.0. The van der Waals surface area contributed by atoms with E-state index in [1.165, 1.54) is 23.9 Å². The molecule has 0 N–H and O–H groups in total. The van der Waals surface area contributed by atoms with Crippen LogP contribution in [0.1, 0.15) is 12.7 Å². The number of carbonyl (C=O) groups is 1. The lowest BCUT2D eigenvalue weighted by molar-refractivity contribution is -0.384. The summed E-state index contributed by atoms with van der Waals surface area (Å²) < 4.78 is 11.3. The van der Waals surface area contributed by atoms with Gasteiger partial charge < -0.3 is 9.15 Å². The Morgan fingerprint density at radius 1 is 1.15 bits per heavy atom. The molecule has 3 aromatic rings. The Bertz CT molecular complexity index is 1280. The standard InChI is InChI=1S/C25H21N3O5S/c1-3-15-27-24(29)23(34-25(27)26-18-7-11-20(12-8-18)32-4-2)16-21-13-14-22(33-21)17-5-9-19(10-6-17)28(30)31/h3,5-14,16H,1,4,15H2,2H3/b23-16-,26-25?. The van der Waals surface area contributed by atoms with Crippen LogP contribution in [0, 0.1) is 10.1 Å². The minimum atomic E-state index is -0.452. The van der Waals surface area contributed by atoms with E-state index in [4.69, 9.17) is 9.15 Å². The Kier molecular flexibility index (Phi) is 6.93. The first-order chi connectivity index (χ1) is 16.5. The summed E-state index contributed by atoms with van der Waals surface area (Å²) in [6.45, 7) is 6.57. The molecule has 1 fully saturated rings. The fourth-order valence-corrected chi connectivity index (χ4v) is 4.23. The van der Waals surface area contributed by atoms with Crippen LogP contribution in [0.15, 0.2) is 87.6 Å². The molecule has 2 aromatic carbocycles. The molecule has 1 aromatic heterocycles. The lowest BCUT2D eigenvalue weighted by Crippen LogP contribution is -2.29. The first-order valence-corrected chi connectivity index (χ1v) is 11.3. The van der Waals surface area contributed by atoms with Crippen molar-refractivity contribution in [3.63, 3.8) is 0 Å². The maximum Gasteiger partial charge on any atom is 0.269 e. The highest BCUT2D eigenvalue weighted by atomic mass is 32.2. The van der Waals surface area contributed by atoms with Gasteiger partial charge in [0.2, 0.25) is 0 Å². The third kappa shape index (κ3) is 5.10. The van der Waals surface area contributed by atoms with E-state index in [1.54, 1.807) is 41.3 Å². The van der Waals surface area contributed by atoms with Crippen molar-refractivity contribution in [3.05, 3.63) is 94.1 Å². The fourth-order valence-electron chi connectivity index (χ4n) is 3.24. The van der Waals surface area contributed by atoms with E-state index in [2.05, 4.69) is 11.6 Å². The minimum Gasteiger partial charge on any atom is -0.494 e. The van der Waals surface area contributed by atoms with Crippen LogP contribution in [-0.2, 0) is 4.79 Å². The minimum absolute atomic E-state index is 0.00672. The zero-order valence-electron chi connectivity index (χ0n) is 18.3. The average molecular weight is 476 g/mol. The Labute approximate surface area is 200 Å². The number of furan rings is 1. The lowest BCUT2D eigenvalue weighted by atomic mass is 10.1. The predicted molar refractivity (Wildman–Crippen MR) is 133 cm³/mol. The zero-order chi connectivity index (χ0) is 24.1. The van der Waals surface area contributed by atoms with Crippen molar-refractivity contribution < 1.29 is 18.9 Å². The molecule has 1 saturated heterocycles. The van der Waals surface area contributed by atoms with Gasteiger partial charge in [0.25, 0.3) is 11.6 Å². The van der Waals surface area contributed by atoms with Crippen molar-refractivity contribution in [2.45, 2.75) is 6.92 Å². The number of benzene rings is 2. The lowest BCUT2D eigenvalue weighted by Gasteiger charge is -2.12. The van der Waals surface area contributed by atoms with Crippen molar-refractivity contribution in [3.8, 4) is 17.1 Å². The topological polar surface area (TPSA) is 98.2 Å². The number of non-ortho nitro benzene ring substituents is 1. The molecule has 0 radical (unpaired) electrons. The summed E-state index contributed by atoms with van der Waals surface area (Å²) in [7, 11) is 0. The number of nitro benzene ring substituents is 1. The number of nitro groups is 1. The van der Waals surface area contributed by atoms with E-state index in [0.29, 0.717) is 46.0 Å². The molecule has 9 heteroatoms. The predicted octanol–water partition coefficient (Wildman–Crippen LogP) is 6.04. The van der Waals surface area contributed by atoms with E-state index in [1.807, 2.05) is 31.2 Å². The summed E-state index contributed by atoms with van der Waals surface area (Å²) >= 11 is 1.25. The highest BCUT2D eigenvalue weighted by Gasteiger charge is 2.33. The summed E-state index contributed by atoms with van der Waals surface area (Å²) in [5, 5.41) is 11.4. The first-order valence-electron chi connectivity index (χ1n) is 10.5. The third-order valence-electron chi connectivity index (χ3n) is 4.84. The summed E-state index contributed by atoms with van der Waals surface area (Å²) in [4.78, 5) is 30.1. The molecule has 1 aliphatic rings. The van der Waals surface area contributed by atoms with Gasteiger partial charge in [0.15, 0.2) is 5.17 Å². The van der Waals surface area contributed by atoms with Gasteiger partial charge in [0.1, 0.15) is 17.3 Å². The number of thioether (sulfide) groups is 1. The second-order valence-electron chi connectivity index (χ2n) is 7.14. The third-order valence-corrected chi connectivity index (χ3v) is 5.84. The number of amidine groups is 1. The Morgan fingerprint density at radius 2 is 1.88 bits per heavy atom. The van der Waals surface area contributed by atoms with Gasteiger partial charge >= 0.3 is 0 Å². The molecule has 0 bridgehead atoms. The molecule has 2 heterocycles. The highest BCUT2D eigenvalue weighted by Crippen LogP contribution is 2.35. The summed E-state index contributed by atoms with van der Waals surface area (Å²) in [5.41, 5.74) is 1.41. The Morgan fingerprint density at radius 3 is 2.53 bits per heavy atom. The smallest absolute Gasteiger partial charge is 0.269 e. The molecular weight excluding hydrogens is 454 g/mol. The molecule has 172 valence electrons. The van der Waals surface area contributed by atoms with Crippen molar-refractivity contribution in [1.29, 1.82) is 0 Å². The van der Waals surface area contributed by atoms with Crippen LogP contribution in [0.3, 0.4) is 0 Å². The number of hydrogen-bond donors (Lipinski definition) is 0. The molecule has 34 heavy (non-hydrogen) atoms. The number of nitrogens with zero attached hydrogens (tertiary/aromatic N) is 3. The number of aliphatic imine (C=N–C) groups is 1.